The van der Waals surface area contributed by atoms with Gasteiger partial charge in [0.15, 0.2) is 6.61 Å². The number of carbonyl (C=O) groups excluding carboxylic acids is 4. The number of halogens is 2. The first kappa shape index (κ1) is 23.2. The first-order valence-electron chi connectivity index (χ1n) is 9.16. The van der Waals surface area contributed by atoms with Gasteiger partial charge in [0.1, 0.15) is 0 Å². The summed E-state index contributed by atoms with van der Waals surface area (Å²) >= 11 is 11.7. The quantitative estimate of drug-likeness (QED) is 0.279. The van der Waals surface area contributed by atoms with Crippen LogP contribution in [0, 0.1) is 16.0 Å². The van der Waals surface area contributed by atoms with Gasteiger partial charge in [-0.1, -0.05) is 35.3 Å². The number of non-ortho nitro benzene ring substituents is 1. The fraction of sp³-hybridized carbons (Fsp3) is 0.200. The Balaban J connectivity index is 1.55. The molecule has 2 aromatic carbocycles. The number of rotatable bonds is 7. The van der Waals surface area contributed by atoms with E-state index >= 15 is 0 Å². The summed E-state index contributed by atoms with van der Waals surface area (Å²) in [6, 6.07) is 9.21. The molecule has 12 heteroatoms. The minimum absolute atomic E-state index is 0.0185. The number of nitrogens with one attached hydrogen (secondary N) is 1. The van der Waals surface area contributed by atoms with Crippen LogP contribution in [-0.2, 0) is 14.3 Å². The summed E-state index contributed by atoms with van der Waals surface area (Å²) in [6.07, 6.45) is -0.217. The van der Waals surface area contributed by atoms with Crippen molar-refractivity contribution in [3.63, 3.8) is 0 Å². The Morgan fingerprint density at radius 2 is 1.88 bits per heavy atom. The minimum Gasteiger partial charge on any atom is -0.457 e. The number of hydrazine groups is 1. The fourth-order valence-electron chi connectivity index (χ4n) is 2.93. The molecular formula is C20H15Cl2N3O7. The Labute approximate surface area is 191 Å². The van der Waals surface area contributed by atoms with Gasteiger partial charge in [0.25, 0.3) is 11.6 Å². The molecule has 32 heavy (non-hydrogen) atoms. The molecule has 1 atom stereocenters. The Morgan fingerprint density at radius 3 is 2.56 bits per heavy atom. The maximum absolute atomic E-state index is 12.3. The molecule has 1 fully saturated rings. The molecule has 10 nitrogen and oxygen atoms in total. The zero-order chi connectivity index (χ0) is 23.4. The topological polar surface area (TPSA) is 136 Å². The Morgan fingerprint density at radius 1 is 1.12 bits per heavy atom. The molecule has 1 aliphatic heterocycles. The van der Waals surface area contributed by atoms with Gasteiger partial charge >= 0.3 is 5.97 Å². The van der Waals surface area contributed by atoms with Crippen LogP contribution in [0.15, 0.2) is 42.5 Å². The Kier molecular flexibility index (Phi) is 7.06. The molecule has 1 heterocycles. The summed E-state index contributed by atoms with van der Waals surface area (Å²) in [5, 5.41) is 12.2. The minimum atomic E-state index is -0.894. The lowest BCUT2D eigenvalue weighted by Crippen LogP contribution is -2.43. The van der Waals surface area contributed by atoms with E-state index in [9.17, 15) is 29.3 Å². The number of hydrogen-bond acceptors (Lipinski definition) is 7. The lowest BCUT2D eigenvalue weighted by Gasteiger charge is -2.17. The number of Topliss-reactive ketones (excluding diaryl/α,β-unsaturated/α-hetero) is 1. The number of benzene rings is 2. The van der Waals surface area contributed by atoms with E-state index in [4.69, 9.17) is 27.9 Å². The van der Waals surface area contributed by atoms with E-state index in [0.717, 1.165) is 11.1 Å². The average molecular weight is 480 g/mol. The summed E-state index contributed by atoms with van der Waals surface area (Å²) in [5.41, 5.74) is 2.31. The summed E-state index contributed by atoms with van der Waals surface area (Å²) in [4.78, 5) is 59.1. The van der Waals surface area contributed by atoms with Gasteiger partial charge in [-0.15, -0.1) is 0 Å². The molecule has 0 unspecified atom stereocenters. The van der Waals surface area contributed by atoms with Gasteiger partial charge in [-0.25, -0.2) is 0 Å². The number of amides is 2. The van der Waals surface area contributed by atoms with Crippen LogP contribution in [0.1, 0.15) is 27.1 Å². The van der Waals surface area contributed by atoms with Crippen molar-refractivity contribution in [1.82, 2.24) is 10.4 Å². The molecule has 1 saturated heterocycles. The molecule has 0 aliphatic carbocycles. The standard InChI is InChI=1S/C20H15Cl2N3O7/c21-15-5-4-12(7-16(15)22)19(28)23-24-9-13(8-18(24)27)20(29)32-10-17(26)11-2-1-3-14(6-11)25(30)31/h1-7,13H,8-10H2,(H,23,28)/t13-/m0/s1. The number of nitro groups is 1. The number of nitrogens with zero attached hydrogens (tertiary/aromatic N) is 2. The highest BCUT2D eigenvalue weighted by molar-refractivity contribution is 6.42. The predicted octanol–water partition coefficient (Wildman–Crippen LogP) is 2.82. The van der Waals surface area contributed by atoms with Crippen LogP contribution in [0.3, 0.4) is 0 Å². The van der Waals surface area contributed by atoms with Crippen molar-refractivity contribution >= 4 is 52.5 Å². The highest BCUT2D eigenvalue weighted by atomic mass is 35.5. The summed E-state index contributed by atoms with van der Waals surface area (Å²) in [6.45, 7) is -0.782. The van der Waals surface area contributed by atoms with Gasteiger partial charge in [0.2, 0.25) is 11.7 Å². The fourth-order valence-corrected chi connectivity index (χ4v) is 3.23. The second-order valence-electron chi connectivity index (χ2n) is 6.81. The van der Waals surface area contributed by atoms with Crippen LogP contribution >= 0.6 is 23.2 Å². The van der Waals surface area contributed by atoms with E-state index in [1.807, 2.05) is 0 Å². The van der Waals surface area contributed by atoms with Crippen molar-refractivity contribution in [2.45, 2.75) is 6.42 Å². The van der Waals surface area contributed by atoms with E-state index in [0.29, 0.717) is 0 Å². The molecule has 2 amide bonds. The van der Waals surface area contributed by atoms with Gasteiger partial charge in [0, 0.05) is 29.7 Å². The third-order valence-corrected chi connectivity index (χ3v) is 5.34. The molecule has 0 aromatic heterocycles. The highest BCUT2D eigenvalue weighted by Crippen LogP contribution is 2.23. The predicted molar refractivity (Wildman–Crippen MR) is 112 cm³/mol. The van der Waals surface area contributed by atoms with Gasteiger partial charge < -0.3 is 4.74 Å². The molecule has 1 aliphatic rings. The number of hydrogen-bond donors (Lipinski definition) is 1. The smallest absolute Gasteiger partial charge is 0.311 e. The monoisotopic (exact) mass is 479 g/mol. The van der Waals surface area contributed by atoms with Crippen LogP contribution in [0.5, 0.6) is 0 Å². The van der Waals surface area contributed by atoms with Crippen molar-refractivity contribution in [1.29, 1.82) is 0 Å². The van der Waals surface area contributed by atoms with Crippen LogP contribution in [0.4, 0.5) is 5.69 Å². The zero-order valence-corrected chi connectivity index (χ0v) is 17.8. The van der Waals surface area contributed by atoms with E-state index in [2.05, 4.69) is 5.43 Å². The number of esters is 1. The molecule has 2 aromatic rings. The van der Waals surface area contributed by atoms with Crippen molar-refractivity contribution < 1.29 is 28.8 Å². The van der Waals surface area contributed by atoms with Crippen LogP contribution in [-0.4, -0.2) is 46.7 Å². The Bertz CT molecular complexity index is 1120. The number of carbonyl (C=O) groups is 4. The molecule has 166 valence electrons. The molecule has 0 radical (unpaired) electrons. The number of ketones is 1. The van der Waals surface area contributed by atoms with Gasteiger partial charge in [-0.2, -0.15) is 0 Å². The van der Waals surface area contributed by atoms with Crippen molar-refractivity contribution in [3.8, 4) is 0 Å². The van der Waals surface area contributed by atoms with E-state index in [1.165, 1.54) is 36.4 Å². The second kappa shape index (κ2) is 9.75. The summed E-state index contributed by atoms with van der Waals surface area (Å²) in [5.74, 6) is -3.45. The van der Waals surface area contributed by atoms with Gasteiger partial charge in [0.05, 0.1) is 27.4 Å². The average Bonchev–Trinajstić information content (AvgIpc) is 3.13. The maximum Gasteiger partial charge on any atom is 0.311 e. The van der Waals surface area contributed by atoms with Gasteiger partial charge in [-0.3, -0.25) is 39.7 Å². The molecule has 3 rings (SSSR count). The Hall–Kier alpha value is -3.50. The van der Waals surface area contributed by atoms with Gasteiger partial charge in [-0.05, 0) is 18.2 Å². The molecule has 0 bridgehead atoms. The number of nitro benzene ring substituents is 1. The van der Waals surface area contributed by atoms with E-state index < -0.39 is 41.0 Å². The largest absolute Gasteiger partial charge is 0.457 e. The maximum atomic E-state index is 12.3. The van der Waals surface area contributed by atoms with Crippen LogP contribution in [0.2, 0.25) is 10.0 Å². The SMILES string of the molecule is O=C(COC(=O)[C@H]1CC(=O)N(NC(=O)c2ccc(Cl)c(Cl)c2)C1)c1cccc([N+](=O)[O-])c1. The molecule has 1 N–H and O–H groups in total. The third-order valence-electron chi connectivity index (χ3n) is 4.60. The van der Waals surface area contributed by atoms with E-state index in [-0.39, 0.29) is 39.8 Å². The molecular weight excluding hydrogens is 465 g/mol. The highest BCUT2D eigenvalue weighted by Gasteiger charge is 2.36. The first-order valence-corrected chi connectivity index (χ1v) is 9.92. The third kappa shape index (κ3) is 5.40. The molecule has 0 saturated carbocycles. The van der Waals surface area contributed by atoms with Crippen LogP contribution in [0.25, 0.3) is 0 Å². The number of ether oxygens (including phenoxy) is 1. The second-order valence-corrected chi connectivity index (χ2v) is 7.63. The van der Waals surface area contributed by atoms with Crippen molar-refractivity contribution in [3.05, 3.63) is 73.8 Å². The van der Waals surface area contributed by atoms with Crippen molar-refractivity contribution in [2.75, 3.05) is 13.2 Å². The molecule has 0 spiro atoms. The van der Waals surface area contributed by atoms with Crippen molar-refractivity contribution in [2.24, 2.45) is 5.92 Å². The summed E-state index contributed by atoms with van der Waals surface area (Å²) in [7, 11) is 0. The van der Waals surface area contributed by atoms with Crippen LogP contribution < -0.4 is 5.43 Å². The zero-order valence-electron chi connectivity index (χ0n) is 16.2. The van der Waals surface area contributed by atoms with E-state index in [1.54, 1.807) is 0 Å². The lowest BCUT2D eigenvalue weighted by molar-refractivity contribution is -0.384. The first-order chi connectivity index (χ1) is 15.2. The summed E-state index contributed by atoms with van der Waals surface area (Å²) < 4.78 is 4.98. The normalized spacial score (nSPS) is 15.4. The lowest BCUT2D eigenvalue weighted by atomic mass is 10.1.